The van der Waals surface area contributed by atoms with Crippen molar-refractivity contribution in [1.82, 2.24) is 4.72 Å². The first-order chi connectivity index (χ1) is 8.00. The number of rotatable bonds is 6. The van der Waals surface area contributed by atoms with Crippen LogP contribution in [0.4, 0.5) is 0 Å². The first-order valence-electron chi connectivity index (χ1n) is 5.20. The molecule has 17 heavy (non-hydrogen) atoms. The van der Waals surface area contributed by atoms with Gasteiger partial charge in [-0.3, -0.25) is 0 Å². The van der Waals surface area contributed by atoms with Crippen LogP contribution < -0.4 is 14.2 Å². The van der Waals surface area contributed by atoms with Crippen molar-refractivity contribution in [2.45, 2.75) is 13.5 Å². The molecule has 0 amide bonds. The zero-order chi connectivity index (χ0) is 12.9. The average molecular weight is 259 g/mol. The molecule has 0 saturated carbocycles. The van der Waals surface area contributed by atoms with Gasteiger partial charge in [0.1, 0.15) is 11.5 Å². The van der Waals surface area contributed by atoms with E-state index < -0.39 is 10.0 Å². The van der Waals surface area contributed by atoms with Gasteiger partial charge in [0, 0.05) is 12.6 Å². The van der Waals surface area contributed by atoms with Gasteiger partial charge < -0.3 is 9.47 Å². The first kappa shape index (κ1) is 13.8. The van der Waals surface area contributed by atoms with Crippen molar-refractivity contribution in [3.63, 3.8) is 0 Å². The largest absolute Gasteiger partial charge is 0.497 e. The number of sulfonamides is 1. The van der Waals surface area contributed by atoms with Gasteiger partial charge in [0.2, 0.25) is 10.0 Å². The van der Waals surface area contributed by atoms with Gasteiger partial charge >= 0.3 is 0 Å². The summed E-state index contributed by atoms with van der Waals surface area (Å²) < 4.78 is 35.3. The van der Waals surface area contributed by atoms with Crippen LogP contribution in [0.25, 0.3) is 0 Å². The van der Waals surface area contributed by atoms with Gasteiger partial charge in [-0.25, -0.2) is 13.1 Å². The Balaban J connectivity index is 2.84. The van der Waals surface area contributed by atoms with Crippen molar-refractivity contribution in [3.05, 3.63) is 23.8 Å². The molecule has 96 valence electrons. The smallest absolute Gasteiger partial charge is 0.211 e. The maximum Gasteiger partial charge on any atom is 0.211 e. The number of hydrogen-bond donors (Lipinski definition) is 1. The summed E-state index contributed by atoms with van der Waals surface area (Å²) in [6, 6.07) is 5.26. The van der Waals surface area contributed by atoms with E-state index in [1.807, 2.05) is 0 Å². The van der Waals surface area contributed by atoms with E-state index in [1.165, 1.54) is 0 Å². The Morgan fingerprint density at radius 3 is 2.06 bits per heavy atom. The fourth-order valence-electron chi connectivity index (χ4n) is 1.26. The second kappa shape index (κ2) is 5.88. The molecule has 0 aromatic heterocycles. The highest BCUT2D eigenvalue weighted by atomic mass is 32.2. The predicted octanol–water partition coefficient (Wildman–Crippen LogP) is 1.14. The molecule has 1 aromatic rings. The van der Waals surface area contributed by atoms with Crippen molar-refractivity contribution in [3.8, 4) is 11.5 Å². The van der Waals surface area contributed by atoms with E-state index in [0.29, 0.717) is 11.5 Å². The molecule has 1 rings (SSSR count). The Labute approximate surface area is 102 Å². The van der Waals surface area contributed by atoms with Crippen LogP contribution in [0.1, 0.15) is 12.5 Å². The summed E-state index contributed by atoms with van der Waals surface area (Å²) in [4.78, 5) is 0. The Hall–Kier alpha value is -1.27. The summed E-state index contributed by atoms with van der Waals surface area (Å²) in [5.41, 5.74) is 0.790. The molecule has 0 unspecified atom stereocenters. The minimum absolute atomic E-state index is 0.0636. The van der Waals surface area contributed by atoms with E-state index in [0.717, 1.165) is 5.56 Å². The van der Waals surface area contributed by atoms with E-state index in [4.69, 9.17) is 9.47 Å². The van der Waals surface area contributed by atoms with Crippen LogP contribution in [-0.4, -0.2) is 28.4 Å². The number of nitrogens with one attached hydrogen (secondary N) is 1. The first-order valence-corrected chi connectivity index (χ1v) is 6.85. The summed E-state index contributed by atoms with van der Waals surface area (Å²) in [6.45, 7) is 1.82. The van der Waals surface area contributed by atoms with Crippen LogP contribution >= 0.6 is 0 Å². The highest BCUT2D eigenvalue weighted by Gasteiger charge is 2.07. The molecule has 0 aliphatic rings. The van der Waals surface area contributed by atoms with E-state index in [1.54, 1.807) is 39.3 Å². The number of methoxy groups -OCH3 is 2. The molecule has 0 heterocycles. The molecule has 0 fully saturated rings. The number of hydrogen-bond acceptors (Lipinski definition) is 4. The third kappa shape index (κ3) is 4.24. The molecule has 0 aliphatic heterocycles. The Kier molecular flexibility index (Phi) is 4.77. The fourth-order valence-corrected chi connectivity index (χ4v) is 1.85. The molecule has 0 radical (unpaired) electrons. The molecule has 5 nitrogen and oxygen atoms in total. The minimum atomic E-state index is -3.19. The van der Waals surface area contributed by atoms with Gasteiger partial charge in [0.05, 0.1) is 20.0 Å². The van der Waals surface area contributed by atoms with Crippen LogP contribution in [0.15, 0.2) is 18.2 Å². The Bertz CT molecular complexity index is 448. The van der Waals surface area contributed by atoms with E-state index in [2.05, 4.69) is 4.72 Å². The fraction of sp³-hybridized carbons (Fsp3) is 0.455. The summed E-state index contributed by atoms with van der Waals surface area (Å²) in [5, 5.41) is 0. The topological polar surface area (TPSA) is 64.6 Å². The van der Waals surface area contributed by atoms with Crippen molar-refractivity contribution in [2.24, 2.45) is 0 Å². The molecular formula is C11H17NO4S. The Morgan fingerprint density at radius 2 is 1.65 bits per heavy atom. The predicted molar refractivity (Wildman–Crippen MR) is 65.8 cm³/mol. The summed E-state index contributed by atoms with van der Waals surface area (Å²) in [5.74, 6) is 1.33. The zero-order valence-electron chi connectivity index (χ0n) is 10.2. The van der Waals surface area contributed by atoms with Crippen LogP contribution in [0, 0.1) is 0 Å². The number of benzene rings is 1. The molecular weight excluding hydrogens is 242 g/mol. The molecule has 6 heteroatoms. The molecule has 0 aliphatic carbocycles. The van der Waals surface area contributed by atoms with Gasteiger partial charge in [-0.05, 0) is 24.6 Å². The maximum atomic E-state index is 11.3. The minimum Gasteiger partial charge on any atom is -0.497 e. The lowest BCUT2D eigenvalue weighted by atomic mass is 10.2. The SMILES string of the molecule is CCS(=O)(=O)NCc1cc(OC)cc(OC)c1. The van der Waals surface area contributed by atoms with Crippen LogP contribution in [0.2, 0.25) is 0 Å². The van der Waals surface area contributed by atoms with Crippen LogP contribution in [-0.2, 0) is 16.6 Å². The molecule has 0 atom stereocenters. The molecule has 0 saturated heterocycles. The van der Waals surface area contributed by atoms with Crippen molar-refractivity contribution in [1.29, 1.82) is 0 Å². The molecule has 1 N–H and O–H groups in total. The molecule has 1 aromatic carbocycles. The number of ether oxygens (including phenoxy) is 2. The quantitative estimate of drug-likeness (QED) is 0.832. The van der Waals surface area contributed by atoms with Crippen LogP contribution in [0.5, 0.6) is 11.5 Å². The van der Waals surface area contributed by atoms with Gasteiger partial charge in [-0.2, -0.15) is 0 Å². The van der Waals surface area contributed by atoms with Gasteiger partial charge in [0.15, 0.2) is 0 Å². The summed E-state index contributed by atoms with van der Waals surface area (Å²) in [6.07, 6.45) is 0. The Morgan fingerprint density at radius 1 is 1.12 bits per heavy atom. The second-order valence-electron chi connectivity index (χ2n) is 3.45. The normalized spacial score (nSPS) is 11.2. The standard InChI is InChI=1S/C11H17NO4S/c1-4-17(13,14)12-8-9-5-10(15-2)7-11(6-9)16-3/h5-7,12H,4,8H2,1-3H3. The van der Waals surface area contributed by atoms with Crippen molar-refractivity contribution < 1.29 is 17.9 Å². The van der Waals surface area contributed by atoms with Gasteiger partial charge in [-0.1, -0.05) is 0 Å². The third-order valence-electron chi connectivity index (χ3n) is 2.29. The van der Waals surface area contributed by atoms with Crippen molar-refractivity contribution in [2.75, 3.05) is 20.0 Å². The maximum absolute atomic E-state index is 11.3. The lowest BCUT2D eigenvalue weighted by molar-refractivity contribution is 0.393. The lowest BCUT2D eigenvalue weighted by Gasteiger charge is -2.09. The van der Waals surface area contributed by atoms with Crippen molar-refractivity contribution >= 4 is 10.0 Å². The average Bonchev–Trinajstić information content (AvgIpc) is 2.36. The van der Waals surface area contributed by atoms with Crippen LogP contribution in [0.3, 0.4) is 0 Å². The highest BCUT2D eigenvalue weighted by Crippen LogP contribution is 2.22. The monoisotopic (exact) mass is 259 g/mol. The van der Waals surface area contributed by atoms with Gasteiger partial charge in [0.25, 0.3) is 0 Å². The lowest BCUT2D eigenvalue weighted by Crippen LogP contribution is -2.24. The van der Waals surface area contributed by atoms with E-state index >= 15 is 0 Å². The van der Waals surface area contributed by atoms with E-state index in [-0.39, 0.29) is 12.3 Å². The van der Waals surface area contributed by atoms with Gasteiger partial charge in [-0.15, -0.1) is 0 Å². The van der Waals surface area contributed by atoms with E-state index in [9.17, 15) is 8.42 Å². The third-order valence-corrected chi connectivity index (χ3v) is 3.63. The zero-order valence-corrected chi connectivity index (χ0v) is 11.0. The molecule has 0 bridgehead atoms. The molecule has 0 spiro atoms. The highest BCUT2D eigenvalue weighted by molar-refractivity contribution is 7.89. The summed E-state index contributed by atoms with van der Waals surface area (Å²) >= 11 is 0. The second-order valence-corrected chi connectivity index (χ2v) is 5.54. The summed E-state index contributed by atoms with van der Waals surface area (Å²) in [7, 11) is -0.0877.